The summed E-state index contributed by atoms with van der Waals surface area (Å²) in [7, 11) is 4.46. The molecule has 2 saturated heterocycles. The molecule has 2 rings (SSSR count). The smallest absolute Gasteiger partial charge is 0.0110 e. The van der Waals surface area contributed by atoms with Crippen molar-refractivity contribution in [2.24, 2.45) is 5.92 Å². The molecule has 1 N–H and O–H groups in total. The first kappa shape index (κ1) is 14.3. The highest BCUT2D eigenvalue weighted by atomic mass is 15.2. The van der Waals surface area contributed by atoms with E-state index in [2.05, 4.69) is 34.1 Å². The zero-order valence-corrected chi connectivity index (χ0v) is 12.2. The Morgan fingerprint density at radius 2 is 1.78 bits per heavy atom. The fraction of sp³-hybridized carbons (Fsp3) is 1.00. The molecule has 2 aliphatic rings. The molecule has 2 heterocycles. The van der Waals surface area contributed by atoms with Crippen LogP contribution < -0.4 is 5.32 Å². The lowest BCUT2D eigenvalue weighted by Crippen LogP contribution is -2.47. The first-order valence-electron chi connectivity index (χ1n) is 7.54. The van der Waals surface area contributed by atoms with E-state index < -0.39 is 0 Å². The number of hydrogen-bond donors (Lipinski definition) is 1. The lowest BCUT2D eigenvalue weighted by atomic mass is 9.98. The van der Waals surface area contributed by atoms with Gasteiger partial charge in [-0.15, -0.1) is 0 Å². The molecule has 0 radical (unpaired) electrons. The van der Waals surface area contributed by atoms with E-state index in [-0.39, 0.29) is 0 Å². The molecule has 0 bridgehead atoms. The first-order valence-corrected chi connectivity index (χ1v) is 7.54. The Bertz CT molecular complexity index is 226. The summed E-state index contributed by atoms with van der Waals surface area (Å²) < 4.78 is 0. The number of rotatable bonds is 5. The molecule has 1 unspecified atom stereocenters. The molecule has 0 aliphatic carbocycles. The maximum Gasteiger partial charge on any atom is 0.0110 e. The van der Waals surface area contributed by atoms with Gasteiger partial charge in [-0.2, -0.15) is 0 Å². The van der Waals surface area contributed by atoms with Crippen LogP contribution in [-0.2, 0) is 0 Å². The Morgan fingerprint density at radius 1 is 1.00 bits per heavy atom. The second kappa shape index (κ2) is 7.43. The zero-order valence-electron chi connectivity index (χ0n) is 12.2. The van der Waals surface area contributed by atoms with Gasteiger partial charge in [-0.05, 0) is 45.9 Å². The Balaban J connectivity index is 1.50. The highest BCUT2D eigenvalue weighted by Gasteiger charge is 2.17. The molecule has 0 amide bonds. The summed E-state index contributed by atoms with van der Waals surface area (Å²) in [6.07, 6.45) is 2.78. The molecule has 1 atom stereocenters. The van der Waals surface area contributed by atoms with Crippen molar-refractivity contribution in [2.45, 2.75) is 12.8 Å². The Morgan fingerprint density at radius 3 is 2.50 bits per heavy atom. The van der Waals surface area contributed by atoms with E-state index in [9.17, 15) is 0 Å². The molecule has 0 aromatic rings. The lowest BCUT2D eigenvalue weighted by Gasteiger charge is -2.33. The standard InChI is InChI=1S/C14H30N4/c1-16-8-10-18(11-9-16)7-5-15-12-14-4-3-6-17(2)13-14/h14-15H,3-13H2,1-2H3. The van der Waals surface area contributed by atoms with Crippen LogP contribution in [0.3, 0.4) is 0 Å². The van der Waals surface area contributed by atoms with Crippen LogP contribution in [0.5, 0.6) is 0 Å². The molecule has 2 aliphatic heterocycles. The monoisotopic (exact) mass is 254 g/mol. The van der Waals surface area contributed by atoms with Crippen molar-refractivity contribution in [3.05, 3.63) is 0 Å². The van der Waals surface area contributed by atoms with Gasteiger partial charge in [0.1, 0.15) is 0 Å². The summed E-state index contributed by atoms with van der Waals surface area (Å²) in [5.41, 5.74) is 0. The number of piperidine rings is 1. The maximum atomic E-state index is 3.65. The number of likely N-dealkylation sites (N-methyl/N-ethyl adjacent to an activating group) is 1. The van der Waals surface area contributed by atoms with Crippen molar-refractivity contribution in [3.8, 4) is 0 Å². The third-order valence-electron chi connectivity index (χ3n) is 4.36. The summed E-state index contributed by atoms with van der Waals surface area (Å²) in [5.74, 6) is 0.872. The molecule has 106 valence electrons. The van der Waals surface area contributed by atoms with Crippen molar-refractivity contribution in [2.75, 3.05) is 73.0 Å². The van der Waals surface area contributed by atoms with Gasteiger partial charge in [0.05, 0.1) is 0 Å². The van der Waals surface area contributed by atoms with Gasteiger partial charge in [0, 0.05) is 45.8 Å². The Hall–Kier alpha value is -0.160. The van der Waals surface area contributed by atoms with E-state index in [4.69, 9.17) is 0 Å². The Labute approximate surface area is 112 Å². The third-order valence-corrected chi connectivity index (χ3v) is 4.36. The van der Waals surface area contributed by atoms with Gasteiger partial charge in [0.25, 0.3) is 0 Å². The van der Waals surface area contributed by atoms with Gasteiger partial charge in [0.2, 0.25) is 0 Å². The highest BCUT2D eigenvalue weighted by molar-refractivity contribution is 4.74. The predicted molar refractivity (Wildman–Crippen MR) is 77.0 cm³/mol. The van der Waals surface area contributed by atoms with E-state index in [1.807, 2.05) is 0 Å². The highest BCUT2D eigenvalue weighted by Crippen LogP contribution is 2.13. The molecule has 0 aromatic heterocycles. The van der Waals surface area contributed by atoms with E-state index in [1.165, 1.54) is 65.2 Å². The molecule has 0 saturated carbocycles. The summed E-state index contributed by atoms with van der Waals surface area (Å²) in [6.45, 7) is 11.1. The zero-order chi connectivity index (χ0) is 12.8. The van der Waals surface area contributed by atoms with Crippen molar-refractivity contribution in [1.29, 1.82) is 0 Å². The summed E-state index contributed by atoms with van der Waals surface area (Å²) in [6, 6.07) is 0. The maximum absolute atomic E-state index is 3.65. The quantitative estimate of drug-likeness (QED) is 0.706. The number of nitrogens with zero attached hydrogens (tertiary/aromatic N) is 3. The average molecular weight is 254 g/mol. The van der Waals surface area contributed by atoms with Crippen LogP contribution in [0, 0.1) is 5.92 Å². The van der Waals surface area contributed by atoms with Gasteiger partial charge < -0.3 is 15.1 Å². The minimum Gasteiger partial charge on any atom is -0.315 e. The minimum atomic E-state index is 0.872. The van der Waals surface area contributed by atoms with E-state index in [0.29, 0.717) is 0 Å². The number of nitrogens with one attached hydrogen (secondary N) is 1. The van der Waals surface area contributed by atoms with Crippen LogP contribution in [-0.4, -0.2) is 87.7 Å². The van der Waals surface area contributed by atoms with Gasteiger partial charge >= 0.3 is 0 Å². The molecule has 0 aromatic carbocycles. The molecule has 4 heteroatoms. The predicted octanol–water partition coefficient (Wildman–Crippen LogP) is 0.165. The Kier molecular flexibility index (Phi) is 5.89. The van der Waals surface area contributed by atoms with Crippen molar-refractivity contribution >= 4 is 0 Å². The number of piperazine rings is 1. The third kappa shape index (κ3) is 4.84. The second-order valence-corrected chi connectivity index (χ2v) is 6.12. The van der Waals surface area contributed by atoms with Crippen LogP contribution in [0.15, 0.2) is 0 Å². The fourth-order valence-corrected chi connectivity index (χ4v) is 3.05. The number of hydrogen-bond acceptors (Lipinski definition) is 4. The van der Waals surface area contributed by atoms with Gasteiger partial charge in [-0.3, -0.25) is 4.90 Å². The van der Waals surface area contributed by atoms with Crippen LogP contribution >= 0.6 is 0 Å². The van der Waals surface area contributed by atoms with Crippen LogP contribution in [0.2, 0.25) is 0 Å². The van der Waals surface area contributed by atoms with Gasteiger partial charge in [-0.25, -0.2) is 0 Å². The van der Waals surface area contributed by atoms with E-state index in [1.54, 1.807) is 0 Å². The van der Waals surface area contributed by atoms with Gasteiger partial charge in [0.15, 0.2) is 0 Å². The average Bonchev–Trinajstić information content (AvgIpc) is 2.37. The minimum absolute atomic E-state index is 0.872. The first-order chi connectivity index (χ1) is 8.74. The second-order valence-electron chi connectivity index (χ2n) is 6.12. The largest absolute Gasteiger partial charge is 0.315 e. The van der Waals surface area contributed by atoms with Crippen LogP contribution in [0.1, 0.15) is 12.8 Å². The topological polar surface area (TPSA) is 21.8 Å². The van der Waals surface area contributed by atoms with Gasteiger partial charge in [-0.1, -0.05) is 0 Å². The van der Waals surface area contributed by atoms with E-state index >= 15 is 0 Å². The molecule has 18 heavy (non-hydrogen) atoms. The molecule has 4 nitrogen and oxygen atoms in total. The summed E-state index contributed by atoms with van der Waals surface area (Å²) in [5, 5.41) is 3.65. The lowest BCUT2D eigenvalue weighted by molar-refractivity contribution is 0.152. The molecular formula is C14H30N4. The normalized spacial score (nSPS) is 28.7. The molecule has 0 spiro atoms. The van der Waals surface area contributed by atoms with E-state index in [0.717, 1.165) is 12.5 Å². The number of likely N-dealkylation sites (tertiary alicyclic amines) is 1. The van der Waals surface area contributed by atoms with Crippen molar-refractivity contribution in [1.82, 2.24) is 20.0 Å². The van der Waals surface area contributed by atoms with Crippen molar-refractivity contribution in [3.63, 3.8) is 0 Å². The van der Waals surface area contributed by atoms with Crippen LogP contribution in [0.25, 0.3) is 0 Å². The van der Waals surface area contributed by atoms with Crippen LogP contribution in [0.4, 0.5) is 0 Å². The fourth-order valence-electron chi connectivity index (χ4n) is 3.05. The SMILES string of the molecule is CN1CCN(CCNCC2CCCN(C)C2)CC1. The summed E-state index contributed by atoms with van der Waals surface area (Å²) in [4.78, 5) is 7.47. The molecular weight excluding hydrogens is 224 g/mol. The molecule has 2 fully saturated rings. The van der Waals surface area contributed by atoms with Crippen molar-refractivity contribution < 1.29 is 0 Å². The summed E-state index contributed by atoms with van der Waals surface area (Å²) >= 11 is 0.